The van der Waals surface area contributed by atoms with E-state index < -0.39 is 24.1 Å². The van der Waals surface area contributed by atoms with Crippen molar-refractivity contribution in [3.8, 4) is 0 Å². The first-order chi connectivity index (χ1) is 14.3. The van der Waals surface area contributed by atoms with E-state index in [0.29, 0.717) is 0 Å². The lowest BCUT2D eigenvalue weighted by molar-refractivity contribution is -0.152. The second-order valence-electron chi connectivity index (χ2n) is 8.18. The smallest absolute Gasteiger partial charge is 0.331 e. The molecular weight excluding hydrogens is 388 g/mol. The first-order valence-electron chi connectivity index (χ1n) is 11.0. The maximum absolute atomic E-state index is 12.1. The zero-order valence-electron chi connectivity index (χ0n) is 18.0. The first kappa shape index (κ1) is 23.9. The number of hydrogen-bond acceptors (Lipinski definition) is 6. The third-order valence-electron chi connectivity index (χ3n) is 5.58. The molecule has 168 valence electrons. The van der Waals surface area contributed by atoms with Gasteiger partial charge in [0, 0.05) is 24.2 Å². The molecule has 0 aromatic heterocycles. The van der Waals surface area contributed by atoms with Gasteiger partial charge >= 0.3 is 11.9 Å². The molecule has 8 heteroatoms. The molecule has 2 amide bonds. The summed E-state index contributed by atoms with van der Waals surface area (Å²) < 4.78 is 10.1. The average molecular weight is 423 g/mol. The van der Waals surface area contributed by atoms with Gasteiger partial charge in [-0.1, -0.05) is 38.5 Å². The van der Waals surface area contributed by atoms with Crippen LogP contribution >= 0.6 is 0 Å². The van der Waals surface area contributed by atoms with Gasteiger partial charge in [0.1, 0.15) is 0 Å². The Morgan fingerprint density at radius 1 is 0.667 bits per heavy atom. The summed E-state index contributed by atoms with van der Waals surface area (Å²) in [6.07, 6.45) is 10.3. The highest BCUT2D eigenvalue weighted by Gasteiger charge is 2.23. The van der Waals surface area contributed by atoms with Crippen LogP contribution in [-0.4, -0.2) is 48.0 Å². The van der Waals surface area contributed by atoms with E-state index in [1.54, 1.807) is 0 Å². The van der Waals surface area contributed by atoms with Crippen molar-refractivity contribution in [2.24, 2.45) is 0 Å². The van der Waals surface area contributed by atoms with Gasteiger partial charge in [0.25, 0.3) is 11.8 Å². The van der Waals surface area contributed by atoms with E-state index in [2.05, 4.69) is 10.6 Å². The van der Waals surface area contributed by atoms with Crippen molar-refractivity contribution in [3.63, 3.8) is 0 Å². The van der Waals surface area contributed by atoms with Crippen molar-refractivity contribution in [3.05, 3.63) is 12.2 Å². The van der Waals surface area contributed by atoms with Gasteiger partial charge in [-0.25, -0.2) is 9.59 Å². The van der Waals surface area contributed by atoms with E-state index in [-0.39, 0.29) is 23.9 Å². The Balaban J connectivity index is 1.68. The second kappa shape index (κ2) is 12.3. The Morgan fingerprint density at radius 2 is 1.00 bits per heavy atom. The Kier molecular flexibility index (Phi) is 9.83. The van der Waals surface area contributed by atoms with E-state index in [9.17, 15) is 19.2 Å². The number of rotatable bonds is 8. The summed E-state index contributed by atoms with van der Waals surface area (Å²) in [5, 5.41) is 5.77. The largest absolute Gasteiger partial charge is 0.449 e. The standard InChI is InChI=1S/C22H34N2O6/c1-15(21(27)23-17-9-5-3-6-10-17)29-19(25)13-14-20(26)30-16(2)22(28)24-18-11-7-4-8-12-18/h13-18H,3-12H2,1-2H3,(H,23,27)(H,24,28)/b14-13+/t15-,16-/m0/s1. The molecule has 0 aromatic rings. The number of esters is 2. The highest BCUT2D eigenvalue weighted by molar-refractivity contribution is 5.94. The van der Waals surface area contributed by atoms with Crippen LogP contribution in [0.4, 0.5) is 0 Å². The lowest BCUT2D eigenvalue weighted by Gasteiger charge is -2.24. The zero-order chi connectivity index (χ0) is 21.9. The number of carbonyl (C=O) groups is 4. The third-order valence-corrected chi connectivity index (χ3v) is 5.58. The summed E-state index contributed by atoms with van der Waals surface area (Å²) in [7, 11) is 0. The molecule has 0 saturated heterocycles. The molecule has 0 aromatic carbocycles. The van der Waals surface area contributed by atoms with E-state index in [1.807, 2.05) is 0 Å². The van der Waals surface area contributed by atoms with E-state index in [4.69, 9.17) is 9.47 Å². The summed E-state index contributed by atoms with van der Waals surface area (Å²) in [6.45, 7) is 2.97. The fraction of sp³-hybridized carbons (Fsp3) is 0.727. The van der Waals surface area contributed by atoms with Gasteiger partial charge in [0.05, 0.1) is 0 Å². The Hall–Kier alpha value is -2.38. The Bertz CT molecular complexity index is 582. The minimum atomic E-state index is -0.958. The number of nitrogens with one attached hydrogen (secondary N) is 2. The summed E-state index contributed by atoms with van der Waals surface area (Å²) in [4.78, 5) is 48.0. The number of carbonyl (C=O) groups excluding carboxylic acids is 4. The van der Waals surface area contributed by atoms with Gasteiger partial charge in [-0.3, -0.25) is 9.59 Å². The lowest BCUT2D eigenvalue weighted by Crippen LogP contribution is -2.42. The topological polar surface area (TPSA) is 111 Å². The molecule has 30 heavy (non-hydrogen) atoms. The molecule has 2 fully saturated rings. The lowest BCUT2D eigenvalue weighted by atomic mass is 9.95. The fourth-order valence-corrected chi connectivity index (χ4v) is 3.80. The van der Waals surface area contributed by atoms with E-state index in [0.717, 1.165) is 63.5 Å². The predicted octanol–water partition coefficient (Wildman–Crippen LogP) is 2.30. The number of hydrogen-bond donors (Lipinski definition) is 2. The maximum Gasteiger partial charge on any atom is 0.331 e. The summed E-state index contributed by atoms with van der Waals surface area (Å²) in [5.41, 5.74) is 0. The van der Waals surface area contributed by atoms with Crippen LogP contribution < -0.4 is 10.6 Å². The molecule has 0 aliphatic heterocycles. The molecule has 2 saturated carbocycles. The highest BCUT2D eigenvalue weighted by atomic mass is 16.6. The van der Waals surface area contributed by atoms with Gasteiger partial charge in [0.15, 0.2) is 12.2 Å². The fourth-order valence-electron chi connectivity index (χ4n) is 3.80. The summed E-state index contributed by atoms with van der Waals surface area (Å²) >= 11 is 0. The molecule has 2 atom stereocenters. The Morgan fingerprint density at radius 3 is 1.33 bits per heavy atom. The molecule has 0 radical (unpaired) electrons. The molecule has 2 rings (SSSR count). The van der Waals surface area contributed by atoms with Crippen LogP contribution in [0.3, 0.4) is 0 Å². The van der Waals surface area contributed by atoms with Gasteiger partial charge in [-0.15, -0.1) is 0 Å². The summed E-state index contributed by atoms with van der Waals surface area (Å²) in [5.74, 6) is -2.34. The first-order valence-corrected chi connectivity index (χ1v) is 11.0. The van der Waals surface area contributed by atoms with Crippen molar-refractivity contribution >= 4 is 23.8 Å². The highest BCUT2D eigenvalue weighted by Crippen LogP contribution is 2.18. The SMILES string of the molecule is C[C@H](OC(=O)/C=C/C(=O)O[C@@H](C)C(=O)NC1CCCCC1)C(=O)NC1CCCCC1. The quantitative estimate of drug-likeness (QED) is 0.459. The molecule has 8 nitrogen and oxygen atoms in total. The van der Waals surface area contributed by atoms with Crippen LogP contribution in [0, 0.1) is 0 Å². The van der Waals surface area contributed by atoms with Crippen molar-refractivity contribution in [2.75, 3.05) is 0 Å². The minimum absolute atomic E-state index is 0.124. The zero-order valence-corrected chi connectivity index (χ0v) is 18.0. The van der Waals surface area contributed by atoms with Crippen molar-refractivity contribution < 1.29 is 28.7 Å². The molecule has 2 aliphatic rings. The van der Waals surface area contributed by atoms with Crippen LogP contribution in [0.5, 0.6) is 0 Å². The third kappa shape index (κ3) is 8.55. The van der Waals surface area contributed by atoms with Crippen LogP contribution in [-0.2, 0) is 28.7 Å². The molecular formula is C22H34N2O6. The normalized spacial score (nSPS) is 20.2. The van der Waals surface area contributed by atoms with Crippen LogP contribution in [0.25, 0.3) is 0 Å². The molecule has 0 spiro atoms. The van der Waals surface area contributed by atoms with Crippen LogP contribution in [0.15, 0.2) is 12.2 Å². The maximum atomic E-state index is 12.1. The van der Waals surface area contributed by atoms with E-state index >= 15 is 0 Å². The average Bonchev–Trinajstić information content (AvgIpc) is 2.73. The molecule has 0 heterocycles. The Labute approximate surface area is 178 Å². The number of amides is 2. The molecule has 2 aliphatic carbocycles. The van der Waals surface area contributed by atoms with Gasteiger partial charge < -0.3 is 20.1 Å². The van der Waals surface area contributed by atoms with Gasteiger partial charge in [-0.05, 0) is 39.5 Å². The predicted molar refractivity (Wildman–Crippen MR) is 110 cm³/mol. The van der Waals surface area contributed by atoms with Crippen molar-refractivity contribution in [2.45, 2.75) is 102 Å². The minimum Gasteiger partial charge on any atom is -0.449 e. The van der Waals surface area contributed by atoms with Crippen molar-refractivity contribution in [1.82, 2.24) is 10.6 Å². The van der Waals surface area contributed by atoms with Gasteiger partial charge in [0.2, 0.25) is 0 Å². The second-order valence-corrected chi connectivity index (χ2v) is 8.18. The van der Waals surface area contributed by atoms with E-state index in [1.165, 1.54) is 26.7 Å². The van der Waals surface area contributed by atoms with Crippen molar-refractivity contribution in [1.29, 1.82) is 0 Å². The monoisotopic (exact) mass is 422 g/mol. The summed E-state index contributed by atoms with van der Waals surface area (Å²) in [6, 6.07) is 0.248. The van der Waals surface area contributed by atoms with Crippen LogP contribution in [0.1, 0.15) is 78.1 Å². The molecule has 2 N–H and O–H groups in total. The van der Waals surface area contributed by atoms with Gasteiger partial charge in [-0.2, -0.15) is 0 Å². The van der Waals surface area contributed by atoms with Crippen LogP contribution in [0.2, 0.25) is 0 Å². The number of ether oxygens (including phenoxy) is 2. The molecule has 0 bridgehead atoms. The molecule has 0 unspecified atom stereocenters.